The second kappa shape index (κ2) is 6.83. The van der Waals surface area contributed by atoms with Crippen molar-refractivity contribution in [3.05, 3.63) is 46.2 Å². The molecular formula is C23H28N2O6. The second-order valence-electron chi connectivity index (χ2n) is 9.54. The summed E-state index contributed by atoms with van der Waals surface area (Å²) in [6.45, 7) is 3.72. The van der Waals surface area contributed by atoms with Crippen molar-refractivity contribution in [3.8, 4) is 5.75 Å². The van der Waals surface area contributed by atoms with Crippen molar-refractivity contribution in [3.63, 3.8) is 0 Å². The maximum absolute atomic E-state index is 13.7. The van der Waals surface area contributed by atoms with E-state index in [1.54, 1.807) is 31.1 Å². The number of hydrogen-bond donors (Lipinski definition) is 5. The Kier molecular flexibility index (Phi) is 4.71. The topological polar surface area (TPSA) is 144 Å². The zero-order chi connectivity index (χ0) is 23.0. The van der Waals surface area contributed by atoms with E-state index in [4.69, 9.17) is 5.73 Å². The molecule has 1 fully saturated rings. The monoisotopic (exact) mass is 428 g/mol. The molecule has 3 aliphatic rings. The number of ketones is 1. The van der Waals surface area contributed by atoms with Crippen molar-refractivity contribution >= 4 is 17.4 Å². The van der Waals surface area contributed by atoms with Crippen molar-refractivity contribution in [1.82, 2.24) is 4.90 Å². The molecule has 8 heteroatoms. The third kappa shape index (κ3) is 2.74. The van der Waals surface area contributed by atoms with Gasteiger partial charge in [-0.3, -0.25) is 14.5 Å². The Morgan fingerprint density at radius 1 is 1.19 bits per heavy atom. The lowest BCUT2D eigenvalue weighted by molar-refractivity contribution is -0.135. The lowest BCUT2D eigenvalue weighted by Crippen LogP contribution is -2.61. The number of aliphatic hydroxyl groups is 3. The van der Waals surface area contributed by atoms with Crippen molar-refractivity contribution in [2.75, 3.05) is 14.1 Å². The van der Waals surface area contributed by atoms with Crippen LogP contribution in [0.3, 0.4) is 0 Å². The van der Waals surface area contributed by atoms with Gasteiger partial charge in [-0.25, -0.2) is 0 Å². The molecule has 0 aromatic heterocycles. The molecule has 1 saturated carbocycles. The predicted octanol–water partition coefficient (Wildman–Crippen LogP) is 1.38. The van der Waals surface area contributed by atoms with Gasteiger partial charge in [-0.1, -0.05) is 26.0 Å². The molecule has 0 radical (unpaired) electrons. The van der Waals surface area contributed by atoms with Crippen LogP contribution in [-0.4, -0.2) is 63.3 Å². The molecule has 1 unspecified atom stereocenters. The molecule has 1 aromatic rings. The molecule has 1 amide bonds. The maximum atomic E-state index is 13.7. The number of amides is 1. The number of phenolic OH excluding ortho intramolecular Hbond substituents is 1. The number of hydrogen-bond acceptors (Lipinski definition) is 7. The average Bonchev–Trinajstić information content (AvgIpc) is 2.67. The van der Waals surface area contributed by atoms with Gasteiger partial charge in [-0.2, -0.15) is 0 Å². The molecule has 3 aliphatic carbocycles. The Balaban J connectivity index is 1.98. The van der Waals surface area contributed by atoms with E-state index in [1.807, 2.05) is 13.8 Å². The Morgan fingerprint density at radius 2 is 1.84 bits per heavy atom. The third-order valence-electron chi connectivity index (χ3n) is 7.35. The van der Waals surface area contributed by atoms with Crippen LogP contribution < -0.4 is 5.73 Å². The van der Waals surface area contributed by atoms with E-state index in [-0.39, 0.29) is 40.4 Å². The van der Waals surface area contributed by atoms with Crippen molar-refractivity contribution < 1.29 is 30.0 Å². The molecule has 6 N–H and O–H groups in total. The fourth-order valence-electron chi connectivity index (χ4n) is 5.98. The zero-order valence-electron chi connectivity index (χ0n) is 18.0. The zero-order valence-corrected chi connectivity index (χ0v) is 18.0. The highest BCUT2D eigenvalue weighted by molar-refractivity contribution is 6.07. The van der Waals surface area contributed by atoms with Gasteiger partial charge in [0, 0.05) is 28.7 Å². The van der Waals surface area contributed by atoms with Crippen LogP contribution in [0.25, 0.3) is 5.76 Å². The van der Waals surface area contributed by atoms with E-state index in [9.17, 15) is 30.0 Å². The molecule has 1 aromatic carbocycles. The molecule has 166 valence electrons. The summed E-state index contributed by atoms with van der Waals surface area (Å²) in [6.07, 6.45) is -1.22. The second-order valence-corrected chi connectivity index (χ2v) is 9.54. The average molecular weight is 428 g/mol. The number of fused-ring (bicyclic) bond motifs is 3. The van der Waals surface area contributed by atoms with Crippen LogP contribution in [0.15, 0.2) is 35.1 Å². The largest absolute Gasteiger partial charge is 0.510 e. The summed E-state index contributed by atoms with van der Waals surface area (Å²) >= 11 is 0. The molecule has 4 rings (SSSR count). The third-order valence-corrected chi connectivity index (χ3v) is 7.35. The highest BCUT2D eigenvalue weighted by Gasteiger charge is 2.60. The summed E-state index contributed by atoms with van der Waals surface area (Å²) in [6, 6.07) is 4.07. The number of primary amides is 1. The lowest BCUT2D eigenvalue weighted by Gasteiger charge is -2.54. The van der Waals surface area contributed by atoms with Crippen molar-refractivity contribution in [1.29, 1.82) is 0 Å². The number of aromatic hydroxyl groups is 1. The number of rotatable bonds is 2. The number of aliphatic hydroxyl groups excluding tert-OH is 3. The summed E-state index contributed by atoms with van der Waals surface area (Å²) in [5.74, 6) is -4.27. The van der Waals surface area contributed by atoms with Crippen LogP contribution in [0.4, 0.5) is 0 Å². The lowest BCUT2D eigenvalue weighted by atomic mass is 9.52. The van der Waals surface area contributed by atoms with Crippen molar-refractivity contribution in [2.45, 2.75) is 37.8 Å². The summed E-state index contributed by atoms with van der Waals surface area (Å²) < 4.78 is 0. The Bertz CT molecular complexity index is 1050. The number of carbonyl (C=O) groups excluding carboxylic acids is 2. The first-order valence-corrected chi connectivity index (χ1v) is 10.3. The van der Waals surface area contributed by atoms with Crippen LogP contribution in [0, 0.1) is 17.8 Å². The van der Waals surface area contributed by atoms with E-state index in [0.717, 1.165) is 0 Å². The first-order chi connectivity index (χ1) is 14.4. The number of nitrogens with two attached hydrogens (primary N) is 1. The van der Waals surface area contributed by atoms with E-state index < -0.39 is 47.0 Å². The normalized spacial score (nSPS) is 31.9. The predicted molar refractivity (Wildman–Crippen MR) is 113 cm³/mol. The summed E-state index contributed by atoms with van der Waals surface area (Å²) in [5.41, 5.74) is 5.49. The standard InChI is InChI=1S/C23H28N2O6/c1-23(2)11-6-5-7-12(26)14(11)20(29)15-16(23)21(30)13-9(18(15)27)8-10(22(24)31)19(28)17(13)25(3)4/h5-7,9,13,16-17,21,26,28-30H,8H2,1-4H3,(H2,24,31)/t9?,13-,16-,17+,21-/m1/s1. The van der Waals surface area contributed by atoms with Gasteiger partial charge in [0.05, 0.1) is 23.3 Å². The number of likely N-dealkylation sites (N-methyl/N-ethyl adjacent to an activating group) is 1. The number of benzene rings is 1. The Labute approximate surface area is 180 Å². The van der Waals surface area contributed by atoms with Crippen LogP contribution in [0.2, 0.25) is 0 Å². The summed E-state index contributed by atoms with van der Waals surface area (Å²) in [4.78, 5) is 27.4. The highest BCUT2D eigenvalue weighted by atomic mass is 16.3. The van der Waals surface area contributed by atoms with Crippen LogP contribution >= 0.6 is 0 Å². The summed E-state index contributed by atoms with van der Waals surface area (Å²) in [7, 11) is 3.39. The fraction of sp³-hybridized carbons (Fsp3) is 0.478. The number of carbonyl (C=O) groups is 2. The molecule has 0 bridgehead atoms. The van der Waals surface area contributed by atoms with Crippen LogP contribution in [0.1, 0.15) is 31.4 Å². The van der Waals surface area contributed by atoms with E-state index in [0.29, 0.717) is 5.56 Å². The molecule has 31 heavy (non-hydrogen) atoms. The van der Waals surface area contributed by atoms with Gasteiger partial charge in [-0.15, -0.1) is 0 Å². The first-order valence-electron chi connectivity index (χ1n) is 10.3. The van der Waals surface area contributed by atoms with E-state index >= 15 is 0 Å². The van der Waals surface area contributed by atoms with Gasteiger partial charge < -0.3 is 26.2 Å². The van der Waals surface area contributed by atoms with Crippen LogP contribution in [-0.2, 0) is 15.0 Å². The van der Waals surface area contributed by atoms with Gasteiger partial charge >= 0.3 is 0 Å². The summed E-state index contributed by atoms with van der Waals surface area (Å²) in [5, 5.41) is 43.9. The van der Waals surface area contributed by atoms with Gasteiger partial charge in [-0.05, 0) is 32.1 Å². The van der Waals surface area contributed by atoms with Crippen LogP contribution in [0.5, 0.6) is 5.75 Å². The Hall–Kier alpha value is -2.84. The molecule has 8 nitrogen and oxygen atoms in total. The SMILES string of the molecule is CN(C)[C@@H]1C(O)=C(C(N)=O)CC2C(=O)C3=C(O)c4c(O)cccc4C(C)(C)[C@H]3[C@H](O)[C@H]21. The molecule has 0 spiro atoms. The maximum Gasteiger partial charge on any atom is 0.248 e. The van der Waals surface area contributed by atoms with Gasteiger partial charge in [0.15, 0.2) is 5.78 Å². The number of Topliss-reactive ketones (excluding diaryl/α,β-unsaturated/α-hetero) is 1. The minimum atomic E-state index is -1.10. The van der Waals surface area contributed by atoms with E-state index in [1.165, 1.54) is 6.07 Å². The van der Waals surface area contributed by atoms with Gasteiger partial charge in [0.25, 0.3) is 0 Å². The fourth-order valence-corrected chi connectivity index (χ4v) is 5.98. The molecule has 5 atom stereocenters. The molecule has 0 saturated heterocycles. The van der Waals surface area contributed by atoms with Gasteiger partial charge in [0.2, 0.25) is 5.91 Å². The minimum Gasteiger partial charge on any atom is -0.510 e. The first kappa shape index (κ1) is 21.4. The van der Waals surface area contributed by atoms with E-state index in [2.05, 4.69) is 0 Å². The van der Waals surface area contributed by atoms with Crippen molar-refractivity contribution in [2.24, 2.45) is 23.5 Å². The number of phenols is 1. The quantitative estimate of drug-likeness (QED) is 0.478. The number of nitrogens with zero attached hydrogens (tertiary/aromatic N) is 1. The van der Waals surface area contributed by atoms with Gasteiger partial charge in [0.1, 0.15) is 17.3 Å². The molecule has 0 aliphatic heterocycles. The highest BCUT2D eigenvalue weighted by Crippen LogP contribution is 2.56. The molecule has 0 heterocycles. The Morgan fingerprint density at radius 3 is 2.42 bits per heavy atom. The molecular weight excluding hydrogens is 400 g/mol. The smallest absolute Gasteiger partial charge is 0.248 e. The minimum absolute atomic E-state index is 0.0441.